The van der Waals surface area contributed by atoms with Crippen molar-refractivity contribution in [3.63, 3.8) is 0 Å². The topological polar surface area (TPSA) is 90.5 Å². The van der Waals surface area contributed by atoms with Gasteiger partial charge in [-0.05, 0) is 31.4 Å². The van der Waals surface area contributed by atoms with Crippen LogP contribution in [0.3, 0.4) is 0 Å². The number of amides is 1. The first-order valence-corrected chi connectivity index (χ1v) is 9.29. The van der Waals surface area contributed by atoms with Crippen LogP contribution in [0.25, 0.3) is 11.1 Å². The average molecular weight is 382 g/mol. The number of hydrogen-bond acceptors (Lipinski definition) is 6. The zero-order valence-corrected chi connectivity index (χ0v) is 15.9. The van der Waals surface area contributed by atoms with Gasteiger partial charge in [0.25, 0.3) is 11.5 Å². The third-order valence-electron chi connectivity index (χ3n) is 4.99. The summed E-state index contributed by atoms with van der Waals surface area (Å²) in [4.78, 5) is 36.1. The van der Waals surface area contributed by atoms with Crippen LogP contribution in [0.15, 0.2) is 40.1 Å². The highest BCUT2D eigenvalue weighted by atomic mass is 16.5. The Kier molecular flexibility index (Phi) is 4.95. The van der Waals surface area contributed by atoms with Gasteiger partial charge in [-0.1, -0.05) is 6.07 Å². The first kappa shape index (κ1) is 18.4. The Labute approximate surface area is 161 Å². The first-order valence-electron chi connectivity index (χ1n) is 9.29. The summed E-state index contributed by atoms with van der Waals surface area (Å²) in [7, 11) is 1.60. The Morgan fingerprint density at radius 1 is 1.43 bits per heavy atom. The van der Waals surface area contributed by atoms with Crippen LogP contribution in [0.5, 0.6) is 0 Å². The minimum Gasteiger partial charge on any atom is -0.442 e. The van der Waals surface area contributed by atoms with Gasteiger partial charge in [0.15, 0.2) is 0 Å². The number of carbonyl (C=O) groups excluding carboxylic acids is 1. The number of rotatable bonds is 5. The van der Waals surface area contributed by atoms with Crippen LogP contribution in [0.1, 0.15) is 34.5 Å². The van der Waals surface area contributed by atoms with Crippen molar-refractivity contribution in [2.24, 2.45) is 7.05 Å². The van der Waals surface area contributed by atoms with Crippen molar-refractivity contribution in [2.75, 3.05) is 13.2 Å². The maximum atomic E-state index is 13.5. The van der Waals surface area contributed by atoms with Gasteiger partial charge in [0.05, 0.1) is 11.7 Å². The first-order chi connectivity index (χ1) is 13.5. The lowest BCUT2D eigenvalue weighted by molar-refractivity contribution is 0.0507. The van der Waals surface area contributed by atoms with Gasteiger partial charge in [-0.15, -0.1) is 0 Å². The van der Waals surface area contributed by atoms with Gasteiger partial charge < -0.3 is 18.6 Å². The molecule has 0 saturated carbocycles. The molecular weight excluding hydrogens is 360 g/mol. The highest BCUT2D eigenvalue weighted by molar-refractivity contribution is 6.06. The van der Waals surface area contributed by atoms with E-state index in [4.69, 9.17) is 9.15 Å². The number of aryl methyl sites for hydroxylation is 2. The highest BCUT2D eigenvalue weighted by Crippen LogP contribution is 2.24. The molecule has 3 aromatic heterocycles. The van der Waals surface area contributed by atoms with E-state index in [0.717, 1.165) is 18.4 Å². The Hall–Kier alpha value is -3.00. The van der Waals surface area contributed by atoms with Crippen LogP contribution in [0.4, 0.5) is 0 Å². The summed E-state index contributed by atoms with van der Waals surface area (Å²) in [6, 6.07) is 3.76. The van der Waals surface area contributed by atoms with Gasteiger partial charge in [-0.25, -0.2) is 4.98 Å². The smallest absolute Gasteiger partial charge is 0.265 e. The fourth-order valence-electron chi connectivity index (χ4n) is 3.57. The van der Waals surface area contributed by atoms with E-state index in [1.807, 2.05) is 12.1 Å². The van der Waals surface area contributed by atoms with E-state index in [9.17, 15) is 9.59 Å². The predicted molar refractivity (Wildman–Crippen MR) is 102 cm³/mol. The molecule has 1 aliphatic rings. The average Bonchev–Trinajstić information content (AvgIpc) is 3.32. The summed E-state index contributed by atoms with van der Waals surface area (Å²) >= 11 is 0. The van der Waals surface area contributed by atoms with Crippen LogP contribution in [0.2, 0.25) is 0 Å². The van der Waals surface area contributed by atoms with Crippen LogP contribution in [0, 0.1) is 6.92 Å². The van der Waals surface area contributed by atoms with E-state index < -0.39 is 0 Å². The second-order valence-corrected chi connectivity index (χ2v) is 7.06. The van der Waals surface area contributed by atoms with Gasteiger partial charge in [0, 0.05) is 39.1 Å². The summed E-state index contributed by atoms with van der Waals surface area (Å²) in [5.41, 5.74) is 1.06. The van der Waals surface area contributed by atoms with Crippen molar-refractivity contribution in [2.45, 2.75) is 32.4 Å². The molecule has 4 heterocycles. The van der Waals surface area contributed by atoms with Crippen LogP contribution in [-0.4, -0.2) is 44.6 Å². The zero-order chi connectivity index (χ0) is 19.7. The molecule has 1 saturated heterocycles. The molecule has 1 unspecified atom stereocenters. The van der Waals surface area contributed by atoms with E-state index >= 15 is 0 Å². The van der Waals surface area contributed by atoms with E-state index in [1.165, 1.54) is 10.9 Å². The lowest BCUT2D eigenvalue weighted by atomic mass is 10.1. The number of fused-ring (bicyclic) bond motifs is 1. The summed E-state index contributed by atoms with van der Waals surface area (Å²) in [5, 5.41) is 0.219. The number of hydrogen-bond donors (Lipinski definition) is 0. The maximum absolute atomic E-state index is 13.5. The minimum absolute atomic E-state index is 0.0138. The third-order valence-corrected chi connectivity index (χ3v) is 4.99. The van der Waals surface area contributed by atoms with Gasteiger partial charge in [-0.2, -0.15) is 0 Å². The van der Waals surface area contributed by atoms with E-state index in [1.54, 1.807) is 31.3 Å². The van der Waals surface area contributed by atoms with Crippen molar-refractivity contribution in [1.29, 1.82) is 0 Å². The number of pyridine rings is 1. The lowest BCUT2D eigenvalue weighted by Gasteiger charge is -2.25. The van der Waals surface area contributed by atoms with Crippen LogP contribution < -0.4 is 5.56 Å². The summed E-state index contributed by atoms with van der Waals surface area (Å²) < 4.78 is 12.7. The number of nitrogens with zero attached hydrogens (tertiary/aromatic N) is 4. The Bertz CT molecular complexity index is 1050. The number of carbonyl (C=O) groups is 1. The van der Waals surface area contributed by atoms with Crippen molar-refractivity contribution in [1.82, 2.24) is 19.4 Å². The number of aromatic nitrogens is 3. The van der Waals surface area contributed by atoms with Crippen LogP contribution in [-0.2, 0) is 18.3 Å². The second kappa shape index (κ2) is 7.55. The largest absolute Gasteiger partial charge is 0.442 e. The standard InChI is InChI=1S/C20H22N4O4/c1-13-16(17-18(28-13)22-12-23(2)19(17)25)20(26)24(11-15-6-4-8-27-15)10-14-5-3-7-21-9-14/h3,5,7,9,12,15H,4,6,8,10-11H2,1-2H3. The Balaban J connectivity index is 1.74. The monoisotopic (exact) mass is 382 g/mol. The molecule has 1 amide bonds. The van der Waals surface area contributed by atoms with E-state index in [0.29, 0.717) is 25.5 Å². The normalized spacial score (nSPS) is 16.6. The summed E-state index contributed by atoms with van der Waals surface area (Å²) in [6.45, 7) is 3.21. The molecule has 0 aromatic carbocycles. The maximum Gasteiger partial charge on any atom is 0.265 e. The molecule has 146 valence electrons. The van der Waals surface area contributed by atoms with Gasteiger partial charge in [0.2, 0.25) is 5.71 Å². The molecule has 3 aromatic rings. The lowest BCUT2D eigenvalue weighted by Crippen LogP contribution is -2.37. The van der Waals surface area contributed by atoms with E-state index in [2.05, 4.69) is 9.97 Å². The third kappa shape index (κ3) is 3.43. The summed E-state index contributed by atoms with van der Waals surface area (Å²) in [5.74, 6) is 0.125. The molecule has 0 N–H and O–H groups in total. The van der Waals surface area contributed by atoms with Crippen molar-refractivity contribution in [3.8, 4) is 0 Å². The second-order valence-electron chi connectivity index (χ2n) is 7.06. The fourth-order valence-corrected chi connectivity index (χ4v) is 3.57. The Morgan fingerprint density at radius 2 is 2.29 bits per heavy atom. The summed E-state index contributed by atoms with van der Waals surface area (Å²) in [6.07, 6.45) is 6.69. The molecule has 8 nitrogen and oxygen atoms in total. The SMILES string of the molecule is Cc1oc2ncn(C)c(=O)c2c1C(=O)N(Cc1cccnc1)CC1CCCO1. The van der Waals surface area contributed by atoms with Crippen molar-refractivity contribution >= 4 is 17.0 Å². The minimum atomic E-state index is -0.302. The molecule has 0 radical (unpaired) electrons. The van der Waals surface area contributed by atoms with Crippen molar-refractivity contribution < 1.29 is 13.9 Å². The molecular formula is C20H22N4O4. The number of furan rings is 1. The highest BCUT2D eigenvalue weighted by Gasteiger charge is 2.29. The molecule has 0 spiro atoms. The van der Waals surface area contributed by atoms with Crippen LogP contribution >= 0.6 is 0 Å². The Morgan fingerprint density at radius 3 is 3.00 bits per heavy atom. The van der Waals surface area contributed by atoms with Crippen molar-refractivity contribution in [3.05, 3.63) is 58.1 Å². The predicted octanol–water partition coefficient (Wildman–Crippen LogP) is 2.05. The fraction of sp³-hybridized carbons (Fsp3) is 0.400. The quantitative estimate of drug-likeness (QED) is 0.671. The molecule has 0 aliphatic carbocycles. The van der Waals surface area contributed by atoms with E-state index in [-0.39, 0.29) is 34.2 Å². The van der Waals surface area contributed by atoms with Gasteiger partial charge >= 0.3 is 0 Å². The van der Waals surface area contributed by atoms with Gasteiger partial charge in [0.1, 0.15) is 17.5 Å². The van der Waals surface area contributed by atoms with Gasteiger partial charge in [-0.3, -0.25) is 14.6 Å². The number of ether oxygens (including phenoxy) is 1. The molecule has 28 heavy (non-hydrogen) atoms. The molecule has 1 fully saturated rings. The molecule has 1 aliphatic heterocycles. The molecule has 4 rings (SSSR count). The molecule has 1 atom stereocenters. The molecule has 8 heteroatoms. The zero-order valence-electron chi connectivity index (χ0n) is 15.9. The molecule has 0 bridgehead atoms.